The molecule has 0 unspecified atom stereocenters. The topological polar surface area (TPSA) is 45.4 Å². The first-order valence-electron chi connectivity index (χ1n) is 5.82. The number of nitrogens with two attached hydrogens (primary N) is 1. The highest BCUT2D eigenvalue weighted by atomic mass is 32.1. The van der Waals surface area contributed by atoms with Crippen LogP contribution in [0.2, 0.25) is 0 Å². The summed E-state index contributed by atoms with van der Waals surface area (Å²) in [6, 6.07) is 0. The zero-order valence-electron chi connectivity index (χ0n) is 9.85. The van der Waals surface area contributed by atoms with E-state index in [0.717, 1.165) is 26.1 Å². The van der Waals surface area contributed by atoms with E-state index >= 15 is 0 Å². The second kappa shape index (κ2) is 5.72. The molecule has 1 fully saturated rings. The van der Waals surface area contributed by atoms with Crippen molar-refractivity contribution in [1.82, 2.24) is 14.8 Å². The summed E-state index contributed by atoms with van der Waals surface area (Å²) in [7, 11) is 2.18. The molecule has 4 nitrogen and oxygen atoms in total. The lowest BCUT2D eigenvalue weighted by atomic mass is 10.3. The van der Waals surface area contributed by atoms with Gasteiger partial charge in [0.15, 0.2) is 0 Å². The molecule has 2 rings (SSSR count). The third-order valence-electron chi connectivity index (χ3n) is 2.94. The van der Waals surface area contributed by atoms with Gasteiger partial charge in [0.25, 0.3) is 0 Å². The van der Waals surface area contributed by atoms with Gasteiger partial charge >= 0.3 is 0 Å². The predicted molar refractivity (Wildman–Crippen MR) is 67.6 cm³/mol. The van der Waals surface area contributed by atoms with Crippen LogP contribution < -0.4 is 5.73 Å². The van der Waals surface area contributed by atoms with Gasteiger partial charge in [0.05, 0.1) is 10.7 Å². The summed E-state index contributed by atoms with van der Waals surface area (Å²) in [4.78, 5) is 9.44. The molecular weight excluding hydrogens is 220 g/mol. The van der Waals surface area contributed by atoms with Gasteiger partial charge in [-0.05, 0) is 13.6 Å². The van der Waals surface area contributed by atoms with Crippen molar-refractivity contribution in [2.75, 3.05) is 39.8 Å². The van der Waals surface area contributed by atoms with Crippen molar-refractivity contribution in [3.63, 3.8) is 0 Å². The Labute approximate surface area is 101 Å². The van der Waals surface area contributed by atoms with Gasteiger partial charge in [-0.25, -0.2) is 4.98 Å². The SMILES string of the molecule is CN1CCN(Cc2csc(CCN)n2)CC1. The zero-order chi connectivity index (χ0) is 11.4. The van der Waals surface area contributed by atoms with Crippen LogP contribution in [0.4, 0.5) is 0 Å². The lowest BCUT2D eigenvalue weighted by Crippen LogP contribution is -2.43. The Morgan fingerprint density at radius 2 is 2.12 bits per heavy atom. The monoisotopic (exact) mass is 240 g/mol. The number of nitrogens with zero attached hydrogens (tertiary/aromatic N) is 3. The lowest BCUT2D eigenvalue weighted by molar-refractivity contribution is 0.147. The van der Waals surface area contributed by atoms with Gasteiger partial charge in [-0.3, -0.25) is 4.90 Å². The molecule has 0 radical (unpaired) electrons. The van der Waals surface area contributed by atoms with E-state index in [1.165, 1.54) is 23.8 Å². The molecule has 1 aliphatic rings. The molecule has 0 atom stereocenters. The number of likely N-dealkylation sites (N-methyl/N-ethyl adjacent to an activating group) is 1. The summed E-state index contributed by atoms with van der Waals surface area (Å²) in [5, 5.41) is 3.34. The first kappa shape index (κ1) is 12.0. The van der Waals surface area contributed by atoms with Crippen molar-refractivity contribution in [2.45, 2.75) is 13.0 Å². The fourth-order valence-electron chi connectivity index (χ4n) is 1.89. The van der Waals surface area contributed by atoms with E-state index < -0.39 is 0 Å². The summed E-state index contributed by atoms with van der Waals surface area (Å²) < 4.78 is 0. The third kappa shape index (κ3) is 3.25. The van der Waals surface area contributed by atoms with Gasteiger partial charge in [0.1, 0.15) is 0 Å². The molecule has 1 aromatic rings. The number of aromatic nitrogens is 1. The van der Waals surface area contributed by atoms with E-state index in [-0.39, 0.29) is 0 Å². The molecule has 1 saturated heterocycles. The number of hydrogen-bond acceptors (Lipinski definition) is 5. The van der Waals surface area contributed by atoms with Crippen LogP contribution in [0.15, 0.2) is 5.38 Å². The van der Waals surface area contributed by atoms with E-state index in [1.807, 2.05) is 0 Å². The number of hydrogen-bond donors (Lipinski definition) is 1. The van der Waals surface area contributed by atoms with E-state index in [9.17, 15) is 0 Å². The van der Waals surface area contributed by atoms with Crippen LogP contribution in [0, 0.1) is 0 Å². The standard InChI is InChI=1S/C11H20N4S/c1-14-4-6-15(7-5-14)8-10-9-16-11(13-10)2-3-12/h9H,2-8,12H2,1H3. The van der Waals surface area contributed by atoms with Crippen molar-refractivity contribution >= 4 is 11.3 Å². The second-order valence-electron chi connectivity index (χ2n) is 4.35. The first-order chi connectivity index (χ1) is 7.78. The van der Waals surface area contributed by atoms with Crippen molar-refractivity contribution in [2.24, 2.45) is 5.73 Å². The largest absolute Gasteiger partial charge is 0.330 e. The minimum Gasteiger partial charge on any atom is -0.330 e. The molecule has 1 aliphatic heterocycles. The second-order valence-corrected chi connectivity index (χ2v) is 5.29. The van der Waals surface area contributed by atoms with E-state index in [2.05, 4.69) is 27.2 Å². The van der Waals surface area contributed by atoms with E-state index in [0.29, 0.717) is 6.54 Å². The molecule has 5 heteroatoms. The van der Waals surface area contributed by atoms with E-state index in [1.54, 1.807) is 11.3 Å². The van der Waals surface area contributed by atoms with Gasteiger partial charge in [-0.1, -0.05) is 0 Å². The normalized spacial score (nSPS) is 19.1. The van der Waals surface area contributed by atoms with Gasteiger partial charge in [0.2, 0.25) is 0 Å². The molecule has 90 valence electrons. The Hall–Kier alpha value is -0.490. The van der Waals surface area contributed by atoms with Crippen LogP contribution in [0.1, 0.15) is 10.7 Å². The molecule has 16 heavy (non-hydrogen) atoms. The van der Waals surface area contributed by atoms with Gasteiger partial charge in [-0.2, -0.15) is 0 Å². The Balaban J connectivity index is 1.83. The summed E-state index contributed by atoms with van der Waals surface area (Å²) in [5.74, 6) is 0. The van der Waals surface area contributed by atoms with Crippen LogP contribution in [0.5, 0.6) is 0 Å². The lowest BCUT2D eigenvalue weighted by Gasteiger charge is -2.31. The average Bonchev–Trinajstić information content (AvgIpc) is 2.70. The number of piperazine rings is 1. The highest BCUT2D eigenvalue weighted by Crippen LogP contribution is 2.13. The highest BCUT2D eigenvalue weighted by molar-refractivity contribution is 7.09. The molecule has 0 bridgehead atoms. The van der Waals surface area contributed by atoms with Crippen LogP contribution in [-0.4, -0.2) is 54.6 Å². The minimum atomic E-state index is 0.696. The van der Waals surface area contributed by atoms with Gasteiger partial charge < -0.3 is 10.6 Å². The summed E-state index contributed by atoms with van der Waals surface area (Å²) >= 11 is 1.74. The number of rotatable bonds is 4. The highest BCUT2D eigenvalue weighted by Gasteiger charge is 2.14. The number of thiazole rings is 1. The van der Waals surface area contributed by atoms with Gasteiger partial charge in [-0.15, -0.1) is 11.3 Å². The maximum Gasteiger partial charge on any atom is 0.0941 e. The molecule has 2 heterocycles. The summed E-state index contributed by atoms with van der Waals surface area (Å²) in [6.45, 7) is 6.33. The third-order valence-corrected chi connectivity index (χ3v) is 3.90. The van der Waals surface area contributed by atoms with Crippen molar-refractivity contribution < 1.29 is 0 Å². The maximum absolute atomic E-state index is 5.52. The summed E-state index contributed by atoms with van der Waals surface area (Å²) in [5.41, 5.74) is 6.73. The van der Waals surface area contributed by atoms with Crippen molar-refractivity contribution in [3.8, 4) is 0 Å². The minimum absolute atomic E-state index is 0.696. The zero-order valence-corrected chi connectivity index (χ0v) is 10.7. The molecule has 0 saturated carbocycles. The predicted octanol–water partition coefficient (Wildman–Crippen LogP) is 0.392. The molecule has 1 aromatic heterocycles. The Morgan fingerprint density at radius 3 is 2.81 bits per heavy atom. The Bertz CT molecular complexity index is 318. The molecule has 0 amide bonds. The quantitative estimate of drug-likeness (QED) is 0.827. The summed E-state index contributed by atoms with van der Waals surface area (Å²) in [6.07, 6.45) is 0.910. The van der Waals surface area contributed by atoms with Crippen molar-refractivity contribution in [1.29, 1.82) is 0 Å². The molecule has 0 spiro atoms. The molecule has 0 aromatic carbocycles. The maximum atomic E-state index is 5.52. The smallest absolute Gasteiger partial charge is 0.0941 e. The van der Waals surface area contributed by atoms with E-state index in [4.69, 9.17) is 5.73 Å². The molecule has 0 aliphatic carbocycles. The molecular formula is C11H20N4S. The fourth-order valence-corrected chi connectivity index (χ4v) is 2.70. The van der Waals surface area contributed by atoms with Crippen LogP contribution >= 0.6 is 11.3 Å². The van der Waals surface area contributed by atoms with Gasteiger partial charge in [0, 0.05) is 44.5 Å². The fraction of sp³-hybridized carbons (Fsp3) is 0.727. The van der Waals surface area contributed by atoms with Crippen LogP contribution in [0.3, 0.4) is 0 Å². The van der Waals surface area contributed by atoms with Crippen molar-refractivity contribution in [3.05, 3.63) is 16.1 Å². The Kier molecular flexibility index (Phi) is 4.29. The Morgan fingerprint density at radius 1 is 1.38 bits per heavy atom. The van der Waals surface area contributed by atoms with Crippen LogP contribution in [0.25, 0.3) is 0 Å². The average molecular weight is 240 g/mol. The van der Waals surface area contributed by atoms with Crippen LogP contribution in [-0.2, 0) is 13.0 Å². The molecule has 2 N–H and O–H groups in total. The first-order valence-corrected chi connectivity index (χ1v) is 6.70.